The zero-order chi connectivity index (χ0) is 13.3. The first-order chi connectivity index (χ1) is 8.52. The smallest absolute Gasteiger partial charge is 0.146 e. The Morgan fingerprint density at radius 1 is 1.39 bits per heavy atom. The lowest BCUT2D eigenvalue weighted by molar-refractivity contribution is 0.266. The average Bonchev–Trinajstić information content (AvgIpc) is 2.71. The monoisotopic (exact) mass is 252 g/mol. The second kappa shape index (κ2) is 5.24. The summed E-state index contributed by atoms with van der Waals surface area (Å²) in [6.07, 6.45) is 0. The summed E-state index contributed by atoms with van der Waals surface area (Å²) in [6, 6.07) is 5.43. The minimum Gasteiger partial charge on any atom is -0.392 e. The summed E-state index contributed by atoms with van der Waals surface area (Å²) in [5, 5.41) is 8.99. The topological polar surface area (TPSA) is 26.7 Å². The standard InChI is InChI=1S/C14H21FN2O/c1-10-7-17(8-14(10)16(2)3)13-5-4-11(9-18)6-12(13)15/h4-6,10,14,18H,7-9H2,1-3H3. The first-order valence-electron chi connectivity index (χ1n) is 6.33. The highest BCUT2D eigenvalue weighted by atomic mass is 19.1. The van der Waals surface area contributed by atoms with E-state index in [1.165, 1.54) is 6.07 Å². The van der Waals surface area contributed by atoms with Crippen molar-refractivity contribution in [2.75, 3.05) is 32.1 Å². The Morgan fingerprint density at radius 2 is 2.11 bits per heavy atom. The average molecular weight is 252 g/mol. The molecule has 2 rings (SSSR count). The van der Waals surface area contributed by atoms with Gasteiger partial charge >= 0.3 is 0 Å². The van der Waals surface area contributed by atoms with Gasteiger partial charge in [0.1, 0.15) is 5.82 Å². The zero-order valence-electron chi connectivity index (χ0n) is 11.2. The highest BCUT2D eigenvalue weighted by Crippen LogP contribution is 2.28. The molecule has 4 heteroatoms. The van der Waals surface area contributed by atoms with Gasteiger partial charge in [0.15, 0.2) is 0 Å². The van der Waals surface area contributed by atoms with Crippen molar-refractivity contribution in [3.8, 4) is 0 Å². The van der Waals surface area contributed by atoms with E-state index in [9.17, 15) is 4.39 Å². The van der Waals surface area contributed by atoms with E-state index in [0.29, 0.717) is 23.2 Å². The van der Waals surface area contributed by atoms with Crippen molar-refractivity contribution in [1.29, 1.82) is 0 Å². The SMILES string of the molecule is CC1CN(c2ccc(CO)cc2F)CC1N(C)C. The number of anilines is 1. The van der Waals surface area contributed by atoms with Crippen LogP contribution in [0.5, 0.6) is 0 Å². The number of halogens is 1. The van der Waals surface area contributed by atoms with Crippen molar-refractivity contribution < 1.29 is 9.50 Å². The lowest BCUT2D eigenvalue weighted by Gasteiger charge is -2.23. The molecule has 1 saturated heterocycles. The van der Waals surface area contributed by atoms with Crippen LogP contribution in [0.15, 0.2) is 18.2 Å². The highest BCUT2D eigenvalue weighted by molar-refractivity contribution is 5.50. The molecule has 0 aliphatic carbocycles. The van der Waals surface area contributed by atoms with Crippen LogP contribution in [0, 0.1) is 11.7 Å². The molecule has 0 bridgehead atoms. The van der Waals surface area contributed by atoms with Gasteiger partial charge in [0, 0.05) is 19.1 Å². The molecule has 0 amide bonds. The zero-order valence-corrected chi connectivity index (χ0v) is 11.2. The molecule has 0 saturated carbocycles. The summed E-state index contributed by atoms with van der Waals surface area (Å²) in [4.78, 5) is 4.29. The molecule has 2 atom stereocenters. The highest BCUT2D eigenvalue weighted by Gasteiger charge is 2.32. The van der Waals surface area contributed by atoms with Crippen LogP contribution in [-0.4, -0.2) is 43.2 Å². The van der Waals surface area contributed by atoms with Gasteiger partial charge in [-0.05, 0) is 37.7 Å². The quantitative estimate of drug-likeness (QED) is 0.887. The molecule has 3 nitrogen and oxygen atoms in total. The van der Waals surface area contributed by atoms with Crippen LogP contribution in [0.25, 0.3) is 0 Å². The van der Waals surface area contributed by atoms with Gasteiger partial charge in [-0.3, -0.25) is 0 Å². The summed E-state index contributed by atoms with van der Waals surface area (Å²) in [5.74, 6) is 0.282. The van der Waals surface area contributed by atoms with Crippen molar-refractivity contribution in [2.24, 2.45) is 5.92 Å². The van der Waals surface area contributed by atoms with E-state index in [-0.39, 0.29) is 12.4 Å². The fraction of sp³-hybridized carbons (Fsp3) is 0.571. The summed E-state index contributed by atoms with van der Waals surface area (Å²) in [5.41, 5.74) is 1.26. The molecule has 18 heavy (non-hydrogen) atoms. The molecular weight excluding hydrogens is 231 g/mol. The fourth-order valence-corrected chi connectivity index (χ4v) is 2.72. The van der Waals surface area contributed by atoms with Gasteiger partial charge in [-0.25, -0.2) is 4.39 Å². The third-order valence-corrected chi connectivity index (χ3v) is 3.77. The Kier molecular flexibility index (Phi) is 3.88. The Morgan fingerprint density at radius 3 is 2.61 bits per heavy atom. The van der Waals surface area contributed by atoms with Gasteiger partial charge in [-0.1, -0.05) is 13.0 Å². The van der Waals surface area contributed by atoms with Crippen molar-refractivity contribution in [2.45, 2.75) is 19.6 Å². The molecule has 1 aliphatic heterocycles. The number of aliphatic hydroxyl groups is 1. The number of likely N-dealkylation sites (N-methyl/N-ethyl adjacent to an activating group) is 1. The van der Waals surface area contributed by atoms with E-state index in [1.54, 1.807) is 12.1 Å². The van der Waals surface area contributed by atoms with Crippen molar-refractivity contribution >= 4 is 5.69 Å². The number of aliphatic hydroxyl groups excluding tert-OH is 1. The van der Waals surface area contributed by atoms with E-state index < -0.39 is 0 Å². The van der Waals surface area contributed by atoms with Gasteiger partial charge in [-0.15, -0.1) is 0 Å². The molecule has 0 spiro atoms. The number of hydrogen-bond acceptors (Lipinski definition) is 3. The van der Waals surface area contributed by atoms with Gasteiger partial charge in [0.05, 0.1) is 12.3 Å². The van der Waals surface area contributed by atoms with E-state index in [1.807, 2.05) is 0 Å². The van der Waals surface area contributed by atoms with Crippen LogP contribution in [0.2, 0.25) is 0 Å². The van der Waals surface area contributed by atoms with Gasteiger partial charge in [0.25, 0.3) is 0 Å². The number of benzene rings is 1. The molecule has 1 N–H and O–H groups in total. The number of hydrogen-bond donors (Lipinski definition) is 1. The summed E-state index contributed by atoms with van der Waals surface area (Å²) < 4.78 is 14.0. The van der Waals surface area contributed by atoms with E-state index >= 15 is 0 Å². The fourth-order valence-electron chi connectivity index (χ4n) is 2.72. The van der Waals surface area contributed by atoms with Crippen LogP contribution in [0.1, 0.15) is 12.5 Å². The maximum atomic E-state index is 14.0. The third-order valence-electron chi connectivity index (χ3n) is 3.77. The second-order valence-electron chi connectivity index (χ2n) is 5.36. The van der Waals surface area contributed by atoms with E-state index in [4.69, 9.17) is 5.11 Å². The third kappa shape index (κ3) is 2.49. The molecule has 100 valence electrons. The lowest BCUT2D eigenvalue weighted by atomic mass is 10.1. The molecule has 1 aromatic carbocycles. The lowest BCUT2D eigenvalue weighted by Crippen LogP contribution is -2.34. The second-order valence-corrected chi connectivity index (χ2v) is 5.36. The predicted molar refractivity (Wildman–Crippen MR) is 71.2 cm³/mol. The van der Waals surface area contributed by atoms with Crippen LogP contribution in [-0.2, 0) is 6.61 Å². The molecular formula is C14H21FN2O. The van der Waals surface area contributed by atoms with E-state index in [2.05, 4.69) is 30.8 Å². The minimum absolute atomic E-state index is 0.117. The first-order valence-corrected chi connectivity index (χ1v) is 6.33. The van der Waals surface area contributed by atoms with E-state index in [0.717, 1.165) is 13.1 Å². The normalized spacial score (nSPS) is 24.0. The van der Waals surface area contributed by atoms with Crippen LogP contribution < -0.4 is 4.90 Å². The van der Waals surface area contributed by atoms with Gasteiger partial charge in [-0.2, -0.15) is 0 Å². The Bertz CT molecular complexity index is 422. The Hall–Kier alpha value is -1.13. The molecule has 1 heterocycles. The Labute approximate surface area is 108 Å². The molecule has 1 aliphatic rings. The van der Waals surface area contributed by atoms with Crippen molar-refractivity contribution in [3.05, 3.63) is 29.6 Å². The van der Waals surface area contributed by atoms with Crippen molar-refractivity contribution in [1.82, 2.24) is 4.90 Å². The van der Waals surface area contributed by atoms with Crippen LogP contribution in [0.3, 0.4) is 0 Å². The molecule has 1 fully saturated rings. The predicted octanol–water partition coefficient (Wildman–Crippen LogP) is 1.70. The van der Waals surface area contributed by atoms with Crippen LogP contribution >= 0.6 is 0 Å². The molecule has 1 aromatic rings. The molecule has 2 unspecified atom stereocenters. The summed E-state index contributed by atoms with van der Waals surface area (Å²) >= 11 is 0. The minimum atomic E-state index is -0.242. The molecule has 0 aromatic heterocycles. The maximum Gasteiger partial charge on any atom is 0.146 e. The maximum absolute atomic E-state index is 14.0. The number of rotatable bonds is 3. The Balaban J connectivity index is 2.18. The summed E-state index contributed by atoms with van der Waals surface area (Å²) in [6.45, 7) is 3.81. The van der Waals surface area contributed by atoms with Crippen LogP contribution in [0.4, 0.5) is 10.1 Å². The number of nitrogens with zero attached hydrogens (tertiary/aromatic N) is 2. The first kappa shape index (κ1) is 13.3. The van der Waals surface area contributed by atoms with Gasteiger partial charge < -0.3 is 14.9 Å². The van der Waals surface area contributed by atoms with Gasteiger partial charge in [0.2, 0.25) is 0 Å². The largest absolute Gasteiger partial charge is 0.392 e. The summed E-state index contributed by atoms with van der Waals surface area (Å²) in [7, 11) is 4.13. The van der Waals surface area contributed by atoms with Crippen molar-refractivity contribution in [3.63, 3.8) is 0 Å². The molecule has 0 radical (unpaired) electrons.